The highest BCUT2D eigenvalue weighted by molar-refractivity contribution is 5.68. The predicted octanol–water partition coefficient (Wildman–Crippen LogP) is 2.93. The molecular weight excluding hydrogens is 366 g/mol. The number of nitrogens with one attached hydrogen (secondary N) is 1. The lowest BCUT2D eigenvalue weighted by molar-refractivity contribution is 0.0482. The van der Waals surface area contributed by atoms with Crippen molar-refractivity contribution in [1.29, 1.82) is 0 Å². The van der Waals surface area contributed by atoms with Gasteiger partial charge in [-0.15, -0.1) is 0 Å². The van der Waals surface area contributed by atoms with Crippen LogP contribution in [0.4, 0.5) is 4.79 Å². The lowest BCUT2D eigenvalue weighted by atomic mass is 10.0. The lowest BCUT2D eigenvalue weighted by Crippen LogP contribution is -2.42. The van der Waals surface area contributed by atoms with E-state index >= 15 is 0 Å². The van der Waals surface area contributed by atoms with Gasteiger partial charge in [0.2, 0.25) is 11.5 Å². The van der Waals surface area contributed by atoms with Crippen molar-refractivity contribution in [1.82, 2.24) is 5.32 Å². The van der Waals surface area contributed by atoms with Gasteiger partial charge in [-0.1, -0.05) is 0 Å². The van der Waals surface area contributed by atoms with E-state index in [1.165, 1.54) is 14.2 Å². The number of methoxy groups -OCH3 is 2. The fraction of sp³-hybridized carbons (Fsp3) is 0.650. The maximum atomic E-state index is 12.1. The molecule has 0 radical (unpaired) electrons. The Labute approximate surface area is 167 Å². The van der Waals surface area contributed by atoms with Crippen LogP contribution in [0.2, 0.25) is 0 Å². The number of aliphatic hydroxyl groups excluding tert-OH is 1. The molecule has 0 aliphatic carbocycles. The molecule has 1 atom stereocenters. The minimum atomic E-state index is -0.633. The summed E-state index contributed by atoms with van der Waals surface area (Å²) >= 11 is 0. The average Bonchev–Trinajstić information content (AvgIpc) is 2.61. The van der Waals surface area contributed by atoms with Gasteiger partial charge in [0.25, 0.3) is 0 Å². The zero-order valence-corrected chi connectivity index (χ0v) is 17.9. The molecule has 160 valence electrons. The highest BCUT2D eigenvalue weighted by atomic mass is 16.6. The van der Waals surface area contributed by atoms with Gasteiger partial charge in [-0.2, -0.15) is 0 Å². The van der Waals surface area contributed by atoms with E-state index in [9.17, 15) is 9.90 Å². The number of benzene rings is 1. The number of alkyl carbamates (subject to hydrolysis) is 1. The number of amides is 1. The number of hydrogen-bond donors (Lipinski definition) is 2. The van der Waals surface area contributed by atoms with Gasteiger partial charge in [0.15, 0.2) is 11.5 Å². The molecule has 0 aliphatic heterocycles. The van der Waals surface area contributed by atoms with E-state index in [4.69, 9.17) is 23.7 Å². The van der Waals surface area contributed by atoms with Crippen molar-refractivity contribution in [3.8, 4) is 23.0 Å². The molecule has 0 saturated carbocycles. The Hall–Kier alpha value is -2.35. The van der Waals surface area contributed by atoms with Crippen molar-refractivity contribution < 1.29 is 33.6 Å². The topological polar surface area (TPSA) is 95.5 Å². The van der Waals surface area contributed by atoms with E-state index in [1.54, 1.807) is 26.8 Å². The third-order valence-corrected chi connectivity index (χ3v) is 3.64. The number of ether oxygens (including phenoxy) is 5. The molecule has 1 amide bonds. The zero-order valence-electron chi connectivity index (χ0n) is 17.9. The first-order valence-corrected chi connectivity index (χ1v) is 9.34. The van der Waals surface area contributed by atoms with E-state index in [-0.39, 0.29) is 13.0 Å². The van der Waals surface area contributed by atoms with Gasteiger partial charge in [0, 0.05) is 5.56 Å². The van der Waals surface area contributed by atoms with Crippen LogP contribution in [0, 0.1) is 0 Å². The number of hydrogen-bond acceptors (Lipinski definition) is 7. The zero-order chi connectivity index (χ0) is 21.3. The third-order valence-electron chi connectivity index (χ3n) is 3.64. The minimum Gasteiger partial charge on any atom is -0.490 e. The van der Waals surface area contributed by atoms with Crippen LogP contribution < -0.4 is 24.3 Å². The third kappa shape index (κ3) is 6.67. The number of carbonyl (C=O) groups is 1. The molecule has 2 N–H and O–H groups in total. The molecule has 1 aromatic rings. The summed E-state index contributed by atoms with van der Waals surface area (Å²) in [6.07, 6.45) is -0.319. The van der Waals surface area contributed by atoms with Crippen LogP contribution in [0.5, 0.6) is 23.0 Å². The summed E-state index contributed by atoms with van der Waals surface area (Å²) in [4.78, 5) is 12.1. The lowest BCUT2D eigenvalue weighted by Gasteiger charge is -2.24. The standard InChI is InChI=1S/C20H33NO7/c1-8-26-15-11-13(16(27-9-2)18(25-7)17(15)24-6)10-14(12-22)21-19(23)28-20(3,4)5/h11,14,22H,8-10,12H2,1-7H3,(H,21,23)/t14-/m1/s1. The first-order valence-electron chi connectivity index (χ1n) is 9.34. The number of carbonyl (C=O) groups excluding carboxylic acids is 1. The first kappa shape index (κ1) is 23.7. The molecule has 8 nitrogen and oxygen atoms in total. The highest BCUT2D eigenvalue weighted by Gasteiger charge is 2.25. The Morgan fingerprint density at radius 1 is 1.07 bits per heavy atom. The van der Waals surface area contributed by atoms with Crippen LogP contribution in [0.3, 0.4) is 0 Å². The molecule has 0 bridgehead atoms. The Bertz CT molecular complexity index is 640. The normalized spacial score (nSPS) is 12.1. The second kappa shape index (κ2) is 10.8. The van der Waals surface area contributed by atoms with Crippen molar-refractivity contribution in [2.45, 2.75) is 52.7 Å². The summed E-state index contributed by atoms with van der Waals surface area (Å²) in [6, 6.07) is 1.19. The average molecular weight is 399 g/mol. The molecule has 0 saturated heterocycles. The Morgan fingerprint density at radius 2 is 1.68 bits per heavy atom. The maximum absolute atomic E-state index is 12.1. The van der Waals surface area contributed by atoms with Crippen molar-refractivity contribution in [2.75, 3.05) is 34.0 Å². The summed E-state index contributed by atoms with van der Waals surface area (Å²) in [7, 11) is 3.04. The Morgan fingerprint density at radius 3 is 2.14 bits per heavy atom. The number of rotatable bonds is 10. The van der Waals surface area contributed by atoms with Crippen LogP contribution in [-0.4, -0.2) is 56.9 Å². The molecule has 0 aromatic heterocycles. The van der Waals surface area contributed by atoms with Gasteiger partial charge in [0.05, 0.1) is 40.1 Å². The predicted molar refractivity (Wildman–Crippen MR) is 106 cm³/mol. The van der Waals surface area contributed by atoms with Crippen molar-refractivity contribution in [2.24, 2.45) is 0 Å². The molecule has 1 aromatic carbocycles. The van der Waals surface area contributed by atoms with Gasteiger partial charge in [-0.3, -0.25) is 0 Å². The molecule has 28 heavy (non-hydrogen) atoms. The molecule has 8 heteroatoms. The summed E-state index contributed by atoms with van der Waals surface area (Å²) in [5.74, 6) is 1.81. The largest absolute Gasteiger partial charge is 0.490 e. The van der Waals surface area contributed by atoms with Crippen molar-refractivity contribution in [3.05, 3.63) is 11.6 Å². The minimum absolute atomic E-state index is 0.275. The van der Waals surface area contributed by atoms with Crippen molar-refractivity contribution in [3.63, 3.8) is 0 Å². The molecule has 0 aliphatic rings. The molecule has 0 heterocycles. The summed E-state index contributed by atoms with van der Waals surface area (Å²) in [6.45, 7) is 9.61. The molecule has 0 spiro atoms. The van der Waals surface area contributed by atoms with Crippen LogP contribution in [-0.2, 0) is 11.2 Å². The number of aliphatic hydroxyl groups is 1. The van der Waals surface area contributed by atoms with Crippen LogP contribution >= 0.6 is 0 Å². The SMILES string of the molecule is CCOc1cc(C[C@H](CO)NC(=O)OC(C)(C)C)c(OCC)c(OC)c1OC. The molecule has 1 rings (SSSR count). The highest BCUT2D eigenvalue weighted by Crippen LogP contribution is 2.47. The van der Waals surface area contributed by atoms with Gasteiger partial charge in [-0.25, -0.2) is 4.79 Å². The summed E-state index contributed by atoms with van der Waals surface area (Å²) in [5, 5.41) is 12.4. The van der Waals surface area contributed by atoms with Gasteiger partial charge in [0.1, 0.15) is 5.60 Å². The van der Waals surface area contributed by atoms with E-state index in [0.717, 1.165) is 0 Å². The van der Waals surface area contributed by atoms with Gasteiger partial charge in [-0.05, 0) is 47.1 Å². The second-order valence-electron chi connectivity index (χ2n) is 7.03. The fourth-order valence-electron chi connectivity index (χ4n) is 2.65. The van der Waals surface area contributed by atoms with Crippen molar-refractivity contribution >= 4 is 6.09 Å². The Balaban J connectivity index is 3.24. The van der Waals surface area contributed by atoms with Crippen LogP contribution in [0.1, 0.15) is 40.2 Å². The fourth-order valence-corrected chi connectivity index (χ4v) is 2.65. The summed E-state index contributed by atoms with van der Waals surface area (Å²) < 4.78 is 27.7. The monoisotopic (exact) mass is 399 g/mol. The van der Waals surface area contributed by atoms with E-state index in [2.05, 4.69) is 5.32 Å². The first-order chi connectivity index (χ1) is 13.2. The molecule has 0 fully saturated rings. The van der Waals surface area contributed by atoms with E-state index in [1.807, 2.05) is 13.8 Å². The van der Waals surface area contributed by atoms with Gasteiger partial charge >= 0.3 is 6.09 Å². The van der Waals surface area contributed by atoms with E-state index in [0.29, 0.717) is 41.8 Å². The second-order valence-corrected chi connectivity index (χ2v) is 7.03. The smallest absolute Gasteiger partial charge is 0.407 e. The van der Waals surface area contributed by atoms with Crippen LogP contribution in [0.25, 0.3) is 0 Å². The summed E-state index contributed by atoms with van der Waals surface area (Å²) in [5.41, 5.74) is 0.0736. The maximum Gasteiger partial charge on any atom is 0.407 e. The van der Waals surface area contributed by atoms with Gasteiger partial charge < -0.3 is 34.1 Å². The Kier molecular flexibility index (Phi) is 9.18. The molecular formula is C20H33NO7. The van der Waals surface area contributed by atoms with Crippen LogP contribution in [0.15, 0.2) is 6.07 Å². The molecule has 0 unspecified atom stereocenters. The van der Waals surface area contributed by atoms with E-state index < -0.39 is 17.7 Å². The quantitative estimate of drug-likeness (QED) is 0.624.